The number of aliphatic hydroxyl groups is 1. The van der Waals surface area contributed by atoms with Crippen molar-refractivity contribution in [3.05, 3.63) is 95.6 Å². The number of carboxylic acid groups (broad SMARTS) is 1. The minimum Gasteiger partial charge on any atom is -0.480 e. The Bertz CT molecular complexity index is 1260. The summed E-state index contributed by atoms with van der Waals surface area (Å²) < 4.78 is 86.1. The van der Waals surface area contributed by atoms with Crippen LogP contribution in [0.2, 0.25) is 0 Å². The van der Waals surface area contributed by atoms with E-state index in [-0.39, 0.29) is 17.5 Å². The number of alkyl halides is 6. The van der Waals surface area contributed by atoms with Gasteiger partial charge in [0.05, 0.1) is 12.1 Å². The van der Waals surface area contributed by atoms with Gasteiger partial charge in [0.1, 0.15) is 11.5 Å². The lowest BCUT2D eigenvalue weighted by atomic mass is 9.77. The molecule has 0 radical (unpaired) electrons. The van der Waals surface area contributed by atoms with Crippen LogP contribution < -0.4 is 20.1 Å². The van der Waals surface area contributed by atoms with Crippen molar-refractivity contribution in [2.45, 2.75) is 30.7 Å². The quantitative estimate of drug-likeness (QED) is 0.262. The second-order valence-corrected chi connectivity index (χ2v) is 8.39. The normalized spacial score (nSPS) is 12.8. The van der Waals surface area contributed by atoms with Crippen molar-refractivity contribution in [2.24, 2.45) is 0 Å². The molecule has 0 saturated heterocycles. The number of carbonyl (C=O) groups excluding carboxylic acids is 1. The van der Waals surface area contributed by atoms with Crippen LogP contribution in [-0.4, -0.2) is 47.6 Å². The maximum atomic E-state index is 13.1. The van der Waals surface area contributed by atoms with Gasteiger partial charge in [-0.2, -0.15) is 0 Å². The van der Waals surface area contributed by atoms with Gasteiger partial charge >= 0.3 is 24.7 Å². The molecule has 0 aliphatic rings. The van der Waals surface area contributed by atoms with Crippen LogP contribution in [0.4, 0.5) is 31.1 Å². The third-order valence-electron chi connectivity index (χ3n) is 5.55. The van der Waals surface area contributed by atoms with Gasteiger partial charge < -0.3 is 30.3 Å². The number of halogens is 6. The van der Waals surface area contributed by atoms with Gasteiger partial charge in [-0.1, -0.05) is 54.6 Å². The SMILES string of the molecule is O=C(NC(CO)C(=O)O)NC(Cc1ccccc1)(c1cccc(OC(F)(F)F)c1)c1cccc(OC(F)(F)F)c1. The molecule has 1 unspecified atom stereocenters. The fourth-order valence-corrected chi connectivity index (χ4v) is 3.95. The highest BCUT2D eigenvalue weighted by Gasteiger charge is 2.40. The minimum absolute atomic E-state index is 0.0618. The lowest BCUT2D eigenvalue weighted by molar-refractivity contribution is -0.275. The predicted molar refractivity (Wildman–Crippen MR) is 127 cm³/mol. The number of carboxylic acids is 1. The van der Waals surface area contributed by atoms with Gasteiger partial charge in [0.25, 0.3) is 0 Å². The summed E-state index contributed by atoms with van der Waals surface area (Å²) >= 11 is 0. The van der Waals surface area contributed by atoms with E-state index in [2.05, 4.69) is 14.8 Å². The first-order valence-corrected chi connectivity index (χ1v) is 11.4. The van der Waals surface area contributed by atoms with Gasteiger partial charge in [-0.05, 0) is 41.0 Å². The third-order valence-corrected chi connectivity index (χ3v) is 5.55. The van der Waals surface area contributed by atoms with E-state index in [1.807, 2.05) is 5.32 Å². The Morgan fingerprint density at radius 2 is 1.27 bits per heavy atom. The van der Waals surface area contributed by atoms with Crippen LogP contribution in [-0.2, 0) is 16.8 Å². The van der Waals surface area contributed by atoms with Gasteiger partial charge in [0, 0.05) is 6.42 Å². The molecule has 1 atom stereocenters. The molecule has 0 bridgehead atoms. The Hall–Kier alpha value is -4.46. The maximum Gasteiger partial charge on any atom is 0.573 e. The number of aliphatic hydroxyl groups excluding tert-OH is 1. The number of benzene rings is 3. The molecule has 3 aromatic carbocycles. The second-order valence-electron chi connectivity index (χ2n) is 8.39. The van der Waals surface area contributed by atoms with Gasteiger partial charge in [-0.15, -0.1) is 26.3 Å². The lowest BCUT2D eigenvalue weighted by Crippen LogP contribution is -2.56. The molecule has 0 spiro atoms. The highest BCUT2D eigenvalue weighted by molar-refractivity contribution is 5.83. The standard InChI is InChI=1S/C26H22F6N2O6/c27-25(28,29)39-19-10-4-8-17(12-19)24(14-16-6-2-1-3-7-16,34-23(38)33-21(15-35)22(36)37)18-9-5-11-20(13-18)40-26(30,31)32/h1-13,21,35H,14-15H2,(H,36,37)(H2,33,34,38). The number of aliphatic carboxylic acids is 1. The topological polar surface area (TPSA) is 117 Å². The first-order chi connectivity index (χ1) is 18.7. The van der Waals surface area contributed by atoms with Gasteiger partial charge in [0.15, 0.2) is 6.04 Å². The number of hydrogen-bond acceptors (Lipinski definition) is 5. The number of amides is 2. The van der Waals surface area contributed by atoms with E-state index >= 15 is 0 Å². The van der Waals surface area contributed by atoms with E-state index in [1.165, 1.54) is 24.3 Å². The Kier molecular flexibility index (Phi) is 9.14. The monoisotopic (exact) mass is 572 g/mol. The Balaban J connectivity index is 2.25. The molecule has 0 saturated carbocycles. The molecule has 8 nitrogen and oxygen atoms in total. The molecule has 3 rings (SSSR count). The summed E-state index contributed by atoms with van der Waals surface area (Å²) in [7, 11) is 0. The molecular weight excluding hydrogens is 550 g/mol. The highest BCUT2D eigenvalue weighted by Crippen LogP contribution is 2.38. The molecule has 0 fully saturated rings. The second kappa shape index (κ2) is 12.2. The number of nitrogens with one attached hydrogen (secondary N) is 2. The van der Waals surface area contributed by atoms with Crippen molar-refractivity contribution in [1.82, 2.24) is 10.6 Å². The van der Waals surface area contributed by atoms with Crippen LogP contribution in [0.25, 0.3) is 0 Å². The summed E-state index contributed by atoms with van der Waals surface area (Å²) in [5.74, 6) is -2.97. The number of ether oxygens (including phenoxy) is 2. The maximum absolute atomic E-state index is 13.1. The summed E-state index contributed by atoms with van der Waals surface area (Å²) in [6.45, 7) is -1.00. The molecule has 2 amide bonds. The smallest absolute Gasteiger partial charge is 0.480 e. The lowest BCUT2D eigenvalue weighted by Gasteiger charge is -2.37. The zero-order chi connectivity index (χ0) is 29.6. The number of carbonyl (C=O) groups is 2. The fourth-order valence-electron chi connectivity index (χ4n) is 3.95. The average Bonchev–Trinajstić information content (AvgIpc) is 2.85. The van der Waals surface area contributed by atoms with Crippen molar-refractivity contribution in [2.75, 3.05) is 6.61 Å². The summed E-state index contributed by atoms with van der Waals surface area (Å²) in [5, 5.41) is 23.1. The third kappa shape index (κ3) is 8.27. The first-order valence-electron chi connectivity index (χ1n) is 11.4. The molecule has 3 aromatic rings. The van der Waals surface area contributed by atoms with Crippen molar-refractivity contribution in [3.8, 4) is 11.5 Å². The van der Waals surface area contributed by atoms with E-state index in [0.29, 0.717) is 5.56 Å². The molecule has 0 aliphatic heterocycles. The van der Waals surface area contributed by atoms with E-state index in [9.17, 15) is 46.1 Å². The Labute approximate surface area is 223 Å². The van der Waals surface area contributed by atoms with Gasteiger partial charge in [-0.25, -0.2) is 9.59 Å². The van der Waals surface area contributed by atoms with Gasteiger partial charge in [-0.3, -0.25) is 0 Å². The number of hydrogen-bond donors (Lipinski definition) is 4. The van der Waals surface area contributed by atoms with Crippen molar-refractivity contribution in [3.63, 3.8) is 0 Å². The summed E-state index contributed by atoms with van der Waals surface area (Å²) in [5.41, 5.74) is -1.55. The fraction of sp³-hybridized carbons (Fsp3) is 0.231. The molecule has 40 heavy (non-hydrogen) atoms. The summed E-state index contributed by atoms with van der Waals surface area (Å²) in [4.78, 5) is 24.4. The minimum atomic E-state index is -5.08. The predicted octanol–water partition coefficient (Wildman–Crippen LogP) is 4.71. The highest BCUT2D eigenvalue weighted by atomic mass is 19.4. The first kappa shape index (κ1) is 30.1. The van der Waals surface area contributed by atoms with Crippen LogP contribution in [0.5, 0.6) is 11.5 Å². The van der Waals surface area contributed by atoms with E-state index in [4.69, 9.17) is 0 Å². The van der Waals surface area contributed by atoms with E-state index in [1.54, 1.807) is 30.3 Å². The Morgan fingerprint density at radius 1 is 0.775 bits per heavy atom. The van der Waals surface area contributed by atoms with Crippen LogP contribution >= 0.6 is 0 Å². The van der Waals surface area contributed by atoms with Crippen molar-refractivity contribution >= 4 is 12.0 Å². The molecule has 214 valence electrons. The molecule has 4 N–H and O–H groups in total. The molecule has 14 heteroatoms. The van der Waals surface area contributed by atoms with E-state index in [0.717, 1.165) is 24.3 Å². The Morgan fingerprint density at radius 3 is 1.70 bits per heavy atom. The zero-order valence-corrected chi connectivity index (χ0v) is 20.3. The average molecular weight is 572 g/mol. The summed E-state index contributed by atoms with van der Waals surface area (Å²) in [6.07, 6.45) is -10.4. The van der Waals surface area contributed by atoms with Crippen molar-refractivity contribution in [1.29, 1.82) is 0 Å². The van der Waals surface area contributed by atoms with Crippen molar-refractivity contribution < 1.29 is 55.6 Å². The summed E-state index contributed by atoms with van der Waals surface area (Å²) in [6, 6.07) is 14.0. The molecule has 0 aromatic heterocycles. The van der Waals surface area contributed by atoms with Gasteiger partial charge in [0.2, 0.25) is 0 Å². The molecule has 0 heterocycles. The molecular formula is C26H22F6N2O6. The van der Waals surface area contributed by atoms with Crippen LogP contribution in [0.15, 0.2) is 78.9 Å². The number of urea groups is 1. The zero-order valence-electron chi connectivity index (χ0n) is 20.3. The molecule has 0 aliphatic carbocycles. The van der Waals surface area contributed by atoms with Crippen LogP contribution in [0, 0.1) is 0 Å². The largest absolute Gasteiger partial charge is 0.573 e. The van der Waals surface area contributed by atoms with E-state index < -0.39 is 54.4 Å². The number of rotatable bonds is 10. The van der Waals surface area contributed by atoms with Crippen LogP contribution in [0.1, 0.15) is 16.7 Å². The van der Waals surface area contributed by atoms with Crippen LogP contribution in [0.3, 0.4) is 0 Å².